The first-order valence-electron chi connectivity index (χ1n) is 9.79. The maximum Gasteiger partial charge on any atom is 0.242 e. The van der Waals surface area contributed by atoms with E-state index in [0.717, 1.165) is 24.8 Å². The normalized spacial score (nSPS) is 15.3. The molecule has 0 heterocycles. The second-order valence-corrected chi connectivity index (χ2v) is 7.43. The average Bonchev–Trinajstić information content (AvgIpc) is 2.66. The minimum Gasteiger partial charge on any atom is -0.354 e. The molecule has 1 aromatic carbocycles. The first-order chi connectivity index (χ1) is 12.5. The largest absolute Gasteiger partial charge is 0.354 e. The molecule has 1 aliphatic rings. The number of carbonyl (C=O) groups excluding carboxylic acids is 2. The van der Waals surface area contributed by atoms with Gasteiger partial charge in [0.25, 0.3) is 0 Å². The number of hydrogen-bond donors (Lipinski definition) is 1. The molecule has 4 heteroatoms. The van der Waals surface area contributed by atoms with Gasteiger partial charge in [0.2, 0.25) is 11.8 Å². The summed E-state index contributed by atoms with van der Waals surface area (Å²) in [7, 11) is 0. The number of carbonyl (C=O) groups is 2. The van der Waals surface area contributed by atoms with Crippen molar-refractivity contribution in [3.8, 4) is 0 Å². The number of rotatable bonds is 8. The summed E-state index contributed by atoms with van der Waals surface area (Å²) in [6.07, 6.45) is 8.06. The van der Waals surface area contributed by atoms with Crippen molar-refractivity contribution in [3.05, 3.63) is 47.5 Å². The molecule has 1 N–H and O–H groups in total. The SMILES string of the molecule is CC(C)C(=O)N(Cc1ccccc1)[C@H](C)C(=O)NCCC1=CCCCC1. The number of allylic oxidation sites excluding steroid dienone is 1. The lowest BCUT2D eigenvalue weighted by Gasteiger charge is -2.30. The molecule has 0 saturated heterocycles. The quantitative estimate of drug-likeness (QED) is 0.714. The van der Waals surface area contributed by atoms with Crippen LogP contribution >= 0.6 is 0 Å². The second-order valence-electron chi connectivity index (χ2n) is 7.43. The molecule has 0 aromatic heterocycles. The van der Waals surface area contributed by atoms with E-state index in [1.54, 1.807) is 4.90 Å². The Balaban J connectivity index is 1.95. The second kappa shape index (κ2) is 10.1. The molecule has 0 aliphatic heterocycles. The zero-order chi connectivity index (χ0) is 18.9. The van der Waals surface area contributed by atoms with Crippen LogP contribution in [0.4, 0.5) is 0 Å². The highest BCUT2D eigenvalue weighted by atomic mass is 16.2. The van der Waals surface area contributed by atoms with E-state index >= 15 is 0 Å². The van der Waals surface area contributed by atoms with E-state index in [9.17, 15) is 9.59 Å². The van der Waals surface area contributed by atoms with Crippen molar-refractivity contribution >= 4 is 11.8 Å². The van der Waals surface area contributed by atoms with E-state index in [-0.39, 0.29) is 17.7 Å². The molecule has 0 bridgehead atoms. The summed E-state index contributed by atoms with van der Waals surface area (Å²) in [5, 5.41) is 3.02. The number of nitrogens with one attached hydrogen (secondary N) is 1. The smallest absolute Gasteiger partial charge is 0.242 e. The highest BCUT2D eigenvalue weighted by Gasteiger charge is 2.27. The third kappa shape index (κ3) is 6.01. The van der Waals surface area contributed by atoms with Gasteiger partial charge in [-0.1, -0.05) is 55.8 Å². The number of benzene rings is 1. The van der Waals surface area contributed by atoms with Gasteiger partial charge >= 0.3 is 0 Å². The predicted octanol–water partition coefficient (Wildman–Crippen LogP) is 4.07. The number of hydrogen-bond acceptors (Lipinski definition) is 2. The minimum absolute atomic E-state index is 0.00601. The van der Waals surface area contributed by atoms with Crippen molar-refractivity contribution in [2.24, 2.45) is 5.92 Å². The Hall–Kier alpha value is -2.10. The molecule has 1 aliphatic carbocycles. The summed E-state index contributed by atoms with van der Waals surface area (Å²) in [4.78, 5) is 27.0. The van der Waals surface area contributed by atoms with Gasteiger partial charge in [-0.15, -0.1) is 0 Å². The van der Waals surface area contributed by atoms with Crippen LogP contribution in [0.5, 0.6) is 0 Å². The Bertz CT molecular complexity index is 622. The van der Waals surface area contributed by atoms with Crippen molar-refractivity contribution in [1.82, 2.24) is 10.2 Å². The Morgan fingerprint density at radius 2 is 1.85 bits per heavy atom. The predicted molar refractivity (Wildman–Crippen MR) is 105 cm³/mol. The van der Waals surface area contributed by atoms with Crippen molar-refractivity contribution in [1.29, 1.82) is 0 Å². The third-order valence-electron chi connectivity index (χ3n) is 4.95. The van der Waals surface area contributed by atoms with Crippen LogP contribution in [0.15, 0.2) is 42.0 Å². The van der Waals surface area contributed by atoms with Crippen molar-refractivity contribution in [2.75, 3.05) is 6.54 Å². The molecule has 142 valence electrons. The molecule has 2 amide bonds. The van der Waals surface area contributed by atoms with Crippen LogP contribution in [-0.2, 0) is 16.1 Å². The molecule has 0 spiro atoms. The molecule has 0 fully saturated rings. The van der Waals surface area contributed by atoms with Crippen molar-refractivity contribution in [3.63, 3.8) is 0 Å². The summed E-state index contributed by atoms with van der Waals surface area (Å²) in [5.41, 5.74) is 2.48. The van der Waals surface area contributed by atoms with Crippen molar-refractivity contribution < 1.29 is 9.59 Å². The molecule has 2 rings (SSSR count). The van der Waals surface area contributed by atoms with E-state index in [2.05, 4.69) is 11.4 Å². The fourth-order valence-electron chi connectivity index (χ4n) is 3.28. The van der Waals surface area contributed by atoms with Gasteiger partial charge in [-0.25, -0.2) is 0 Å². The molecule has 0 radical (unpaired) electrons. The van der Waals surface area contributed by atoms with Gasteiger partial charge in [-0.05, 0) is 44.6 Å². The summed E-state index contributed by atoms with van der Waals surface area (Å²) < 4.78 is 0. The average molecular weight is 357 g/mol. The van der Waals surface area contributed by atoms with Gasteiger partial charge in [0, 0.05) is 19.0 Å². The first kappa shape index (κ1) is 20.2. The molecule has 4 nitrogen and oxygen atoms in total. The fraction of sp³-hybridized carbons (Fsp3) is 0.545. The van der Waals surface area contributed by atoms with Crippen LogP contribution < -0.4 is 5.32 Å². The van der Waals surface area contributed by atoms with Gasteiger partial charge in [0.1, 0.15) is 6.04 Å². The Morgan fingerprint density at radius 1 is 1.12 bits per heavy atom. The Labute approximate surface area is 157 Å². The minimum atomic E-state index is -0.481. The van der Waals surface area contributed by atoms with Crippen LogP contribution in [-0.4, -0.2) is 29.3 Å². The number of amides is 2. The zero-order valence-electron chi connectivity index (χ0n) is 16.3. The molecule has 0 unspecified atom stereocenters. The Kier molecular flexibility index (Phi) is 7.89. The maximum atomic E-state index is 12.7. The highest BCUT2D eigenvalue weighted by molar-refractivity contribution is 5.88. The fourth-order valence-corrected chi connectivity index (χ4v) is 3.28. The Morgan fingerprint density at radius 3 is 2.46 bits per heavy atom. The van der Waals surface area contributed by atoms with E-state index < -0.39 is 6.04 Å². The molecule has 1 aromatic rings. The van der Waals surface area contributed by atoms with Crippen LogP contribution in [0, 0.1) is 5.92 Å². The molecule has 1 atom stereocenters. The van der Waals surface area contributed by atoms with Crippen LogP contribution in [0.2, 0.25) is 0 Å². The van der Waals surface area contributed by atoms with Crippen molar-refractivity contribution in [2.45, 2.75) is 65.5 Å². The lowest BCUT2D eigenvalue weighted by molar-refractivity contribution is -0.143. The van der Waals surface area contributed by atoms with E-state index in [4.69, 9.17) is 0 Å². The van der Waals surface area contributed by atoms with Crippen LogP contribution in [0.1, 0.15) is 58.4 Å². The van der Waals surface area contributed by atoms with Gasteiger partial charge in [-0.2, -0.15) is 0 Å². The summed E-state index contributed by atoms with van der Waals surface area (Å²) in [6.45, 7) is 6.67. The molecular weight excluding hydrogens is 324 g/mol. The molecule has 26 heavy (non-hydrogen) atoms. The molecular formula is C22H32N2O2. The third-order valence-corrected chi connectivity index (χ3v) is 4.95. The monoisotopic (exact) mass is 356 g/mol. The van der Waals surface area contributed by atoms with E-state index in [1.165, 1.54) is 18.4 Å². The summed E-state index contributed by atoms with van der Waals surface area (Å²) in [6, 6.07) is 9.35. The van der Waals surface area contributed by atoms with E-state index in [0.29, 0.717) is 13.1 Å². The van der Waals surface area contributed by atoms with E-state index in [1.807, 2.05) is 51.1 Å². The van der Waals surface area contributed by atoms with Gasteiger partial charge < -0.3 is 10.2 Å². The van der Waals surface area contributed by atoms with Crippen LogP contribution in [0.25, 0.3) is 0 Å². The van der Waals surface area contributed by atoms with Gasteiger partial charge in [-0.3, -0.25) is 9.59 Å². The zero-order valence-corrected chi connectivity index (χ0v) is 16.3. The topological polar surface area (TPSA) is 49.4 Å². The standard InChI is InChI=1S/C22H32N2O2/c1-17(2)22(26)24(16-20-12-8-5-9-13-20)18(3)21(25)23-15-14-19-10-6-4-7-11-19/h5,8-10,12-13,17-18H,4,6-7,11,14-16H2,1-3H3,(H,23,25)/t18-/m1/s1. The lowest BCUT2D eigenvalue weighted by Crippen LogP contribution is -2.49. The highest BCUT2D eigenvalue weighted by Crippen LogP contribution is 2.19. The van der Waals surface area contributed by atoms with Crippen LogP contribution in [0.3, 0.4) is 0 Å². The molecule has 0 saturated carbocycles. The summed E-state index contributed by atoms with van der Waals surface area (Å²) in [5.74, 6) is -0.209. The van der Waals surface area contributed by atoms with Gasteiger partial charge in [0.05, 0.1) is 0 Å². The number of nitrogens with zero attached hydrogens (tertiary/aromatic N) is 1. The first-order valence-corrected chi connectivity index (χ1v) is 9.79. The maximum absolute atomic E-state index is 12.7. The van der Waals surface area contributed by atoms with Gasteiger partial charge in [0.15, 0.2) is 0 Å². The summed E-state index contributed by atoms with van der Waals surface area (Å²) >= 11 is 0. The lowest BCUT2D eigenvalue weighted by atomic mass is 9.97.